The van der Waals surface area contributed by atoms with Crippen LogP contribution in [0.4, 0.5) is 5.69 Å². The van der Waals surface area contributed by atoms with Gasteiger partial charge in [0, 0.05) is 23.2 Å². The largest absolute Gasteiger partial charge is 0.508 e. The average Bonchev–Trinajstić information content (AvgIpc) is 2.46. The summed E-state index contributed by atoms with van der Waals surface area (Å²) >= 11 is 0. The summed E-state index contributed by atoms with van der Waals surface area (Å²) in [6.07, 6.45) is 1.34. The number of rotatable bonds is 2. The number of nitrogens with zero attached hydrogens (tertiary/aromatic N) is 1. The van der Waals surface area contributed by atoms with Crippen LogP contribution < -0.4 is 5.63 Å². The smallest absolute Gasteiger partial charge is 0.362 e. The molecule has 1 heterocycles. The van der Waals surface area contributed by atoms with Gasteiger partial charge in [0.15, 0.2) is 0 Å². The van der Waals surface area contributed by atoms with Crippen LogP contribution in [0.5, 0.6) is 11.5 Å². The van der Waals surface area contributed by atoms with Gasteiger partial charge in [0.2, 0.25) is 0 Å². The van der Waals surface area contributed by atoms with E-state index in [-0.39, 0.29) is 17.2 Å². The Morgan fingerprint density at radius 1 is 1.05 bits per heavy atom. The molecule has 3 aromatic rings. The van der Waals surface area contributed by atoms with Crippen molar-refractivity contribution >= 4 is 22.9 Å². The fraction of sp³-hybridized carbons (Fsp3) is 0. The third-order valence-corrected chi connectivity index (χ3v) is 2.98. The number of phenols is 2. The molecule has 21 heavy (non-hydrogen) atoms. The Bertz CT molecular complexity index is 896. The van der Waals surface area contributed by atoms with Crippen molar-refractivity contribution in [3.8, 4) is 11.5 Å². The van der Waals surface area contributed by atoms with Crippen LogP contribution in [0, 0.1) is 0 Å². The van der Waals surface area contributed by atoms with Gasteiger partial charge in [-0.15, -0.1) is 0 Å². The molecule has 0 saturated carbocycles. The minimum Gasteiger partial charge on any atom is -0.508 e. The second-order valence-corrected chi connectivity index (χ2v) is 4.46. The molecule has 2 N–H and O–H groups in total. The monoisotopic (exact) mass is 281 g/mol. The molecule has 0 aliphatic heterocycles. The molecule has 0 amide bonds. The minimum absolute atomic E-state index is 0.0464. The van der Waals surface area contributed by atoms with Gasteiger partial charge in [-0.05, 0) is 24.3 Å². The highest BCUT2D eigenvalue weighted by Crippen LogP contribution is 2.22. The molecule has 3 rings (SSSR count). The lowest BCUT2D eigenvalue weighted by atomic mass is 10.2. The van der Waals surface area contributed by atoms with Crippen molar-refractivity contribution < 1.29 is 14.6 Å². The van der Waals surface area contributed by atoms with E-state index < -0.39 is 5.63 Å². The van der Waals surface area contributed by atoms with Crippen molar-refractivity contribution in [1.29, 1.82) is 0 Å². The van der Waals surface area contributed by atoms with Crippen molar-refractivity contribution in [2.45, 2.75) is 0 Å². The van der Waals surface area contributed by atoms with Gasteiger partial charge in [0.25, 0.3) is 0 Å². The molecule has 104 valence electrons. The molecule has 1 aromatic heterocycles. The van der Waals surface area contributed by atoms with E-state index in [1.165, 1.54) is 24.4 Å². The third kappa shape index (κ3) is 2.62. The SMILES string of the molecule is O=c1oc2ccccc2cc1N=Cc1ccc(O)cc1O. The maximum Gasteiger partial charge on any atom is 0.362 e. The molecule has 0 saturated heterocycles. The number of phenolic OH excluding ortho intramolecular Hbond substituents is 2. The van der Waals surface area contributed by atoms with E-state index in [0.717, 1.165) is 5.39 Å². The molecule has 0 aliphatic rings. The molecule has 5 heteroatoms. The molecule has 2 aromatic carbocycles. The van der Waals surface area contributed by atoms with E-state index in [1.807, 2.05) is 12.1 Å². The lowest BCUT2D eigenvalue weighted by Gasteiger charge is -2.00. The van der Waals surface area contributed by atoms with Crippen LogP contribution in [0.1, 0.15) is 5.56 Å². The summed E-state index contributed by atoms with van der Waals surface area (Å²) in [6.45, 7) is 0. The Labute approximate surface area is 119 Å². The highest BCUT2D eigenvalue weighted by atomic mass is 16.4. The zero-order valence-corrected chi connectivity index (χ0v) is 10.9. The molecule has 0 aliphatic carbocycles. The first kappa shape index (κ1) is 12.9. The summed E-state index contributed by atoms with van der Waals surface area (Å²) in [6, 6.07) is 12.9. The Hall–Kier alpha value is -3.08. The molecular formula is C16H11NO4. The first-order chi connectivity index (χ1) is 10.1. The number of hydrogen-bond acceptors (Lipinski definition) is 5. The zero-order valence-electron chi connectivity index (χ0n) is 10.9. The second-order valence-electron chi connectivity index (χ2n) is 4.46. The highest BCUT2D eigenvalue weighted by molar-refractivity contribution is 5.86. The van der Waals surface area contributed by atoms with Gasteiger partial charge in [-0.25, -0.2) is 9.79 Å². The van der Waals surface area contributed by atoms with E-state index >= 15 is 0 Å². The first-order valence-corrected chi connectivity index (χ1v) is 6.22. The zero-order chi connectivity index (χ0) is 14.8. The Morgan fingerprint density at radius 2 is 1.86 bits per heavy atom. The fourth-order valence-corrected chi connectivity index (χ4v) is 1.92. The van der Waals surface area contributed by atoms with Crippen LogP contribution in [0.3, 0.4) is 0 Å². The first-order valence-electron chi connectivity index (χ1n) is 6.22. The van der Waals surface area contributed by atoms with Gasteiger partial charge in [-0.1, -0.05) is 18.2 Å². The average molecular weight is 281 g/mol. The van der Waals surface area contributed by atoms with Crippen LogP contribution >= 0.6 is 0 Å². The number of aromatic hydroxyl groups is 2. The van der Waals surface area contributed by atoms with Crippen LogP contribution in [-0.4, -0.2) is 16.4 Å². The van der Waals surface area contributed by atoms with Gasteiger partial charge in [-0.2, -0.15) is 0 Å². The molecule has 0 radical (unpaired) electrons. The molecule has 0 fully saturated rings. The number of fused-ring (bicyclic) bond motifs is 1. The van der Waals surface area contributed by atoms with Crippen LogP contribution in [0.2, 0.25) is 0 Å². The van der Waals surface area contributed by atoms with Crippen molar-refractivity contribution in [3.05, 3.63) is 64.5 Å². The lowest BCUT2D eigenvalue weighted by Crippen LogP contribution is -1.97. The maximum atomic E-state index is 11.8. The quantitative estimate of drug-likeness (QED) is 0.559. The summed E-state index contributed by atoms with van der Waals surface area (Å²) in [5.41, 5.74) is 0.471. The van der Waals surface area contributed by atoms with Crippen molar-refractivity contribution in [3.63, 3.8) is 0 Å². The van der Waals surface area contributed by atoms with E-state index in [2.05, 4.69) is 4.99 Å². The standard InChI is InChI=1S/C16H11NO4/c18-12-6-5-11(14(19)8-12)9-17-13-7-10-3-1-2-4-15(10)21-16(13)20/h1-9,18-19H. The van der Waals surface area contributed by atoms with Crippen molar-refractivity contribution in [2.24, 2.45) is 4.99 Å². The highest BCUT2D eigenvalue weighted by Gasteiger charge is 2.04. The van der Waals surface area contributed by atoms with Gasteiger partial charge in [0.1, 0.15) is 22.8 Å². The fourth-order valence-electron chi connectivity index (χ4n) is 1.92. The lowest BCUT2D eigenvalue weighted by molar-refractivity contribution is 0.450. The predicted molar refractivity (Wildman–Crippen MR) is 79.5 cm³/mol. The normalized spacial score (nSPS) is 11.2. The maximum absolute atomic E-state index is 11.8. The molecule has 0 spiro atoms. The number of aliphatic imine (C=N–C) groups is 1. The van der Waals surface area contributed by atoms with Crippen LogP contribution in [0.25, 0.3) is 11.0 Å². The molecule has 0 bridgehead atoms. The van der Waals surface area contributed by atoms with Crippen molar-refractivity contribution in [2.75, 3.05) is 0 Å². The van der Waals surface area contributed by atoms with E-state index in [4.69, 9.17) is 4.42 Å². The van der Waals surface area contributed by atoms with Gasteiger partial charge in [-0.3, -0.25) is 0 Å². The number of para-hydroxylation sites is 1. The third-order valence-electron chi connectivity index (χ3n) is 2.98. The number of benzene rings is 2. The Balaban J connectivity index is 2.03. The Kier molecular flexibility index (Phi) is 3.16. The summed E-state index contributed by atoms with van der Waals surface area (Å²) in [5.74, 6) is -0.168. The Morgan fingerprint density at radius 3 is 2.67 bits per heavy atom. The predicted octanol–water partition coefficient (Wildman–Crippen LogP) is 2.95. The molecule has 0 unspecified atom stereocenters. The summed E-state index contributed by atoms with van der Waals surface area (Å²) in [5, 5.41) is 19.6. The second kappa shape index (κ2) is 5.13. The van der Waals surface area contributed by atoms with Gasteiger partial charge < -0.3 is 14.6 Å². The molecule has 5 nitrogen and oxygen atoms in total. The van der Waals surface area contributed by atoms with Gasteiger partial charge in [0.05, 0.1) is 0 Å². The molecular weight excluding hydrogens is 270 g/mol. The summed E-state index contributed by atoms with van der Waals surface area (Å²) in [7, 11) is 0. The summed E-state index contributed by atoms with van der Waals surface area (Å²) in [4.78, 5) is 15.9. The topological polar surface area (TPSA) is 83.0 Å². The molecule has 0 atom stereocenters. The van der Waals surface area contributed by atoms with Crippen LogP contribution in [0.15, 0.2) is 62.7 Å². The van der Waals surface area contributed by atoms with Crippen LogP contribution in [-0.2, 0) is 0 Å². The van der Waals surface area contributed by atoms with E-state index in [1.54, 1.807) is 18.2 Å². The van der Waals surface area contributed by atoms with E-state index in [9.17, 15) is 15.0 Å². The van der Waals surface area contributed by atoms with Gasteiger partial charge >= 0.3 is 5.63 Å². The van der Waals surface area contributed by atoms with Crippen molar-refractivity contribution in [1.82, 2.24) is 0 Å². The minimum atomic E-state index is -0.553. The summed E-state index contributed by atoms with van der Waals surface area (Å²) < 4.78 is 5.16. The van der Waals surface area contributed by atoms with E-state index in [0.29, 0.717) is 11.1 Å². The number of hydrogen-bond donors (Lipinski definition) is 2.